The summed E-state index contributed by atoms with van der Waals surface area (Å²) in [6.07, 6.45) is 14.1. The molecule has 0 unspecified atom stereocenters. The Morgan fingerprint density at radius 1 is 0.647 bits per heavy atom. The van der Waals surface area contributed by atoms with E-state index >= 15 is 0 Å². The summed E-state index contributed by atoms with van der Waals surface area (Å²) < 4.78 is 0. The topological polar surface area (TPSA) is 57.5 Å². The van der Waals surface area contributed by atoms with Crippen molar-refractivity contribution < 1.29 is 15.0 Å². The zero-order valence-electron chi connectivity index (χ0n) is 11.6. The van der Waals surface area contributed by atoms with Gasteiger partial charge in [0.2, 0.25) is 0 Å². The number of carboxylic acid groups (broad SMARTS) is 2. The third-order valence-electron chi connectivity index (χ3n) is 2.71. The van der Waals surface area contributed by atoms with E-state index in [-0.39, 0.29) is 0 Å². The van der Waals surface area contributed by atoms with Gasteiger partial charge in [-0.25, -0.2) is 4.79 Å². The largest absolute Gasteiger partial charge is 0.503 e. The lowest BCUT2D eigenvalue weighted by atomic mass is 10.1. The molecule has 0 rings (SSSR count). The Bertz CT molecular complexity index is 132. The third-order valence-corrected chi connectivity index (χ3v) is 2.71. The van der Waals surface area contributed by atoms with Crippen LogP contribution in [0.15, 0.2) is 0 Å². The van der Waals surface area contributed by atoms with Crippen LogP contribution in [0, 0.1) is 0 Å². The van der Waals surface area contributed by atoms with E-state index in [2.05, 4.69) is 13.8 Å². The van der Waals surface area contributed by atoms with Crippen molar-refractivity contribution in [3.05, 3.63) is 0 Å². The van der Waals surface area contributed by atoms with Crippen molar-refractivity contribution in [1.29, 1.82) is 0 Å². The Morgan fingerprint density at radius 2 is 0.824 bits per heavy atom. The van der Waals surface area contributed by atoms with Crippen LogP contribution in [0.5, 0.6) is 0 Å². The lowest BCUT2D eigenvalue weighted by Crippen LogP contribution is -1.81. The van der Waals surface area contributed by atoms with Gasteiger partial charge in [0.15, 0.2) is 0 Å². The molecule has 0 fully saturated rings. The van der Waals surface area contributed by atoms with Crippen molar-refractivity contribution in [2.24, 2.45) is 0 Å². The first-order valence-corrected chi connectivity index (χ1v) is 7.07. The van der Waals surface area contributed by atoms with Gasteiger partial charge in [-0.1, -0.05) is 84.5 Å². The van der Waals surface area contributed by atoms with E-state index in [1.165, 1.54) is 70.6 Å². The molecule has 0 aliphatic rings. The van der Waals surface area contributed by atoms with Crippen molar-refractivity contribution >= 4 is 6.16 Å². The monoisotopic (exact) mass is 246 g/mol. The summed E-state index contributed by atoms with van der Waals surface area (Å²) >= 11 is 0. The SMILES string of the molecule is CCCCCCCCCCCCC.O=C(O)O. The highest BCUT2D eigenvalue weighted by Crippen LogP contribution is 2.10. The molecule has 0 radical (unpaired) electrons. The fourth-order valence-corrected chi connectivity index (χ4v) is 1.74. The predicted octanol–water partition coefficient (Wildman–Crippen LogP) is 5.54. The van der Waals surface area contributed by atoms with E-state index in [1.54, 1.807) is 0 Å². The molecule has 0 saturated carbocycles. The zero-order chi connectivity index (χ0) is 13.4. The van der Waals surface area contributed by atoms with Crippen LogP contribution in [-0.4, -0.2) is 16.4 Å². The second-order valence-corrected chi connectivity index (χ2v) is 4.46. The third kappa shape index (κ3) is 31.3. The second-order valence-electron chi connectivity index (χ2n) is 4.46. The van der Waals surface area contributed by atoms with Gasteiger partial charge in [-0.2, -0.15) is 0 Å². The lowest BCUT2D eigenvalue weighted by Gasteiger charge is -2.00. The summed E-state index contributed by atoms with van der Waals surface area (Å²) in [7, 11) is 0. The van der Waals surface area contributed by atoms with Gasteiger partial charge < -0.3 is 10.2 Å². The average Bonchev–Trinajstić information content (AvgIpc) is 2.26. The van der Waals surface area contributed by atoms with Crippen molar-refractivity contribution in [1.82, 2.24) is 0 Å². The molecule has 17 heavy (non-hydrogen) atoms. The van der Waals surface area contributed by atoms with Crippen molar-refractivity contribution in [3.63, 3.8) is 0 Å². The summed E-state index contributed by atoms with van der Waals surface area (Å²) in [6, 6.07) is 0. The van der Waals surface area contributed by atoms with Gasteiger partial charge in [0.25, 0.3) is 0 Å². The van der Waals surface area contributed by atoms with Crippen LogP contribution in [-0.2, 0) is 0 Å². The minimum Gasteiger partial charge on any atom is -0.450 e. The Kier molecular flexibility index (Phi) is 19.4. The molecular formula is C14H30O3. The first kappa shape index (κ1) is 18.6. The quantitative estimate of drug-likeness (QED) is 0.497. The molecule has 0 heterocycles. The van der Waals surface area contributed by atoms with Crippen LogP contribution in [0.25, 0.3) is 0 Å². The molecule has 0 saturated heterocycles. The predicted molar refractivity (Wildman–Crippen MR) is 72.8 cm³/mol. The molecule has 0 atom stereocenters. The number of hydrogen-bond acceptors (Lipinski definition) is 1. The molecule has 0 aliphatic carbocycles. The zero-order valence-corrected chi connectivity index (χ0v) is 11.6. The van der Waals surface area contributed by atoms with Gasteiger partial charge in [0.1, 0.15) is 0 Å². The molecule has 0 aliphatic heterocycles. The molecule has 0 aromatic heterocycles. The van der Waals surface area contributed by atoms with Crippen molar-refractivity contribution in [2.45, 2.75) is 84.5 Å². The van der Waals surface area contributed by atoms with E-state index in [0.29, 0.717) is 0 Å². The minimum atomic E-state index is -1.83. The number of rotatable bonds is 10. The molecule has 0 spiro atoms. The molecule has 3 nitrogen and oxygen atoms in total. The second kappa shape index (κ2) is 17.7. The van der Waals surface area contributed by atoms with Crippen molar-refractivity contribution in [3.8, 4) is 0 Å². The Balaban J connectivity index is 0. The smallest absolute Gasteiger partial charge is 0.450 e. The molecule has 0 bridgehead atoms. The van der Waals surface area contributed by atoms with Crippen molar-refractivity contribution in [2.75, 3.05) is 0 Å². The van der Waals surface area contributed by atoms with Gasteiger partial charge >= 0.3 is 6.16 Å². The normalized spacial score (nSPS) is 9.53. The van der Waals surface area contributed by atoms with Gasteiger partial charge in [-0.3, -0.25) is 0 Å². The van der Waals surface area contributed by atoms with Crippen LogP contribution in [0.1, 0.15) is 84.5 Å². The maximum atomic E-state index is 8.56. The fraction of sp³-hybridized carbons (Fsp3) is 0.929. The standard InChI is InChI=1S/C13H28.CH2O3/c1-3-5-7-9-11-13-12-10-8-6-4-2;2-1(3)4/h3-13H2,1-2H3;(H2,2,3,4). The summed E-state index contributed by atoms with van der Waals surface area (Å²) in [5, 5.41) is 13.9. The van der Waals surface area contributed by atoms with E-state index in [0.717, 1.165) is 0 Å². The van der Waals surface area contributed by atoms with Crippen LogP contribution < -0.4 is 0 Å². The molecule has 3 heteroatoms. The van der Waals surface area contributed by atoms with E-state index in [9.17, 15) is 0 Å². The Morgan fingerprint density at radius 3 is 1.00 bits per heavy atom. The maximum absolute atomic E-state index is 8.56. The first-order chi connectivity index (χ1) is 8.15. The highest BCUT2D eigenvalue weighted by molar-refractivity contribution is 5.53. The molecule has 2 N–H and O–H groups in total. The summed E-state index contributed by atoms with van der Waals surface area (Å²) in [4.78, 5) is 8.56. The summed E-state index contributed by atoms with van der Waals surface area (Å²) in [5.74, 6) is 0. The molecular weight excluding hydrogens is 216 g/mol. The Hall–Kier alpha value is -0.730. The lowest BCUT2D eigenvalue weighted by molar-refractivity contribution is 0.137. The first-order valence-electron chi connectivity index (χ1n) is 7.07. The summed E-state index contributed by atoms with van der Waals surface area (Å²) in [6.45, 7) is 4.56. The fourth-order valence-electron chi connectivity index (χ4n) is 1.74. The average molecular weight is 246 g/mol. The molecule has 0 aromatic rings. The molecule has 0 aromatic carbocycles. The van der Waals surface area contributed by atoms with E-state index in [1.807, 2.05) is 0 Å². The number of carbonyl (C=O) groups is 1. The molecule has 104 valence electrons. The summed E-state index contributed by atoms with van der Waals surface area (Å²) in [5.41, 5.74) is 0. The van der Waals surface area contributed by atoms with Gasteiger partial charge in [0.05, 0.1) is 0 Å². The highest BCUT2D eigenvalue weighted by atomic mass is 16.6. The Labute approximate surface area is 106 Å². The van der Waals surface area contributed by atoms with Crippen LogP contribution >= 0.6 is 0 Å². The van der Waals surface area contributed by atoms with E-state index < -0.39 is 6.16 Å². The highest BCUT2D eigenvalue weighted by Gasteiger charge is 1.90. The van der Waals surface area contributed by atoms with Gasteiger partial charge in [-0.15, -0.1) is 0 Å². The van der Waals surface area contributed by atoms with Gasteiger partial charge in [-0.05, 0) is 0 Å². The van der Waals surface area contributed by atoms with E-state index in [4.69, 9.17) is 15.0 Å². The van der Waals surface area contributed by atoms with Crippen LogP contribution in [0.3, 0.4) is 0 Å². The minimum absolute atomic E-state index is 1.37. The van der Waals surface area contributed by atoms with Crippen LogP contribution in [0.2, 0.25) is 0 Å². The van der Waals surface area contributed by atoms with Crippen LogP contribution in [0.4, 0.5) is 4.79 Å². The maximum Gasteiger partial charge on any atom is 0.503 e. The van der Waals surface area contributed by atoms with Gasteiger partial charge in [0, 0.05) is 0 Å². The molecule has 0 amide bonds. The number of hydrogen-bond donors (Lipinski definition) is 2. The number of unbranched alkanes of at least 4 members (excludes halogenated alkanes) is 10.